The predicted molar refractivity (Wildman–Crippen MR) is 190 cm³/mol. The smallest absolute Gasteiger partial charge is 0.0633 e. The third kappa shape index (κ3) is 5.86. The lowest BCUT2D eigenvalue weighted by molar-refractivity contribution is 1.57. The highest BCUT2D eigenvalue weighted by Crippen LogP contribution is 2.41. The van der Waals surface area contributed by atoms with Crippen LogP contribution in [0.15, 0.2) is 121 Å². The van der Waals surface area contributed by atoms with Crippen LogP contribution in [0.4, 0.5) is 45.5 Å². The molecule has 0 heterocycles. The van der Waals surface area contributed by atoms with Crippen molar-refractivity contribution < 1.29 is 0 Å². The Hall–Kier alpha value is -6.28. The molecule has 6 aromatic carbocycles. The monoisotopic (exact) mass is 580 g/mol. The van der Waals surface area contributed by atoms with Crippen LogP contribution in [0.25, 0.3) is 44.5 Å². The molecule has 6 aromatic rings. The Morgan fingerprint density at radius 1 is 0.273 bits per heavy atom. The molecular weight excluding hydrogens is 544 g/mol. The first-order valence-electron chi connectivity index (χ1n) is 13.9. The van der Waals surface area contributed by atoms with Gasteiger partial charge in [0.1, 0.15) is 0 Å². The summed E-state index contributed by atoms with van der Waals surface area (Å²) in [6.45, 7) is 0. The van der Waals surface area contributed by atoms with Gasteiger partial charge in [0, 0.05) is 11.1 Å². The summed E-state index contributed by atoms with van der Waals surface area (Å²) in [6, 6.07) is 38.6. The average molecular weight is 581 g/mol. The Morgan fingerprint density at radius 3 is 0.955 bits per heavy atom. The SMILES string of the molecule is Nc1ccc(-c2ccc(N)c(N)c2-c2ccccc2)cc1N.Nc1ccc(-c2ccc(N)c(N)c2-c2ccccc2)cc1N. The zero-order chi connectivity index (χ0) is 31.4. The van der Waals surface area contributed by atoms with E-state index in [9.17, 15) is 0 Å². The molecule has 0 amide bonds. The fourth-order valence-corrected chi connectivity index (χ4v) is 5.07. The van der Waals surface area contributed by atoms with Crippen molar-refractivity contribution in [2.24, 2.45) is 0 Å². The summed E-state index contributed by atoms with van der Waals surface area (Å²) in [5.74, 6) is 0. The molecule has 0 saturated heterocycles. The van der Waals surface area contributed by atoms with Crippen molar-refractivity contribution in [2.75, 3.05) is 45.9 Å². The summed E-state index contributed by atoms with van der Waals surface area (Å²) < 4.78 is 0. The molecule has 220 valence electrons. The summed E-state index contributed by atoms with van der Waals surface area (Å²) in [7, 11) is 0. The van der Waals surface area contributed by atoms with Crippen LogP contribution in [0.3, 0.4) is 0 Å². The first-order valence-corrected chi connectivity index (χ1v) is 13.9. The molecule has 0 bridgehead atoms. The summed E-state index contributed by atoms with van der Waals surface area (Å²) in [6.07, 6.45) is 0. The van der Waals surface area contributed by atoms with Crippen molar-refractivity contribution in [1.82, 2.24) is 0 Å². The summed E-state index contributed by atoms with van der Waals surface area (Å²) >= 11 is 0. The van der Waals surface area contributed by atoms with E-state index in [1.54, 1.807) is 12.1 Å². The summed E-state index contributed by atoms with van der Waals surface area (Å²) in [4.78, 5) is 0. The molecule has 44 heavy (non-hydrogen) atoms. The number of hydrogen-bond donors (Lipinski definition) is 8. The maximum atomic E-state index is 6.24. The summed E-state index contributed by atoms with van der Waals surface area (Å²) in [5, 5.41) is 0. The average Bonchev–Trinajstić information content (AvgIpc) is 3.03. The lowest BCUT2D eigenvalue weighted by atomic mass is 9.92. The number of nitrogen functional groups attached to an aromatic ring is 8. The highest BCUT2D eigenvalue weighted by atomic mass is 14.7. The topological polar surface area (TPSA) is 208 Å². The van der Waals surface area contributed by atoms with Crippen LogP contribution in [0.5, 0.6) is 0 Å². The van der Waals surface area contributed by atoms with E-state index < -0.39 is 0 Å². The van der Waals surface area contributed by atoms with Gasteiger partial charge in [0.25, 0.3) is 0 Å². The Labute approximate surface area is 256 Å². The van der Waals surface area contributed by atoms with Gasteiger partial charge in [-0.1, -0.05) is 84.9 Å². The number of benzene rings is 6. The van der Waals surface area contributed by atoms with Gasteiger partial charge in [-0.15, -0.1) is 0 Å². The third-order valence-electron chi connectivity index (χ3n) is 7.48. The third-order valence-corrected chi connectivity index (χ3v) is 7.48. The van der Waals surface area contributed by atoms with Gasteiger partial charge in [-0.3, -0.25) is 0 Å². The molecule has 0 fully saturated rings. The second-order valence-electron chi connectivity index (χ2n) is 10.4. The van der Waals surface area contributed by atoms with E-state index in [1.807, 2.05) is 109 Å². The molecule has 0 aromatic heterocycles. The Kier molecular flexibility index (Phi) is 8.17. The maximum Gasteiger partial charge on any atom is 0.0633 e. The summed E-state index contributed by atoms with van der Waals surface area (Å²) in [5.41, 5.74) is 60.1. The Morgan fingerprint density at radius 2 is 0.614 bits per heavy atom. The lowest BCUT2D eigenvalue weighted by Gasteiger charge is -2.15. The van der Waals surface area contributed by atoms with Crippen LogP contribution in [0.2, 0.25) is 0 Å². The Balaban J connectivity index is 0.000000175. The van der Waals surface area contributed by atoms with Crippen LogP contribution in [-0.4, -0.2) is 0 Å². The van der Waals surface area contributed by atoms with Crippen LogP contribution >= 0.6 is 0 Å². The van der Waals surface area contributed by atoms with Crippen LogP contribution < -0.4 is 45.9 Å². The standard InChI is InChI=1S/2C18H18N4/c2*19-14-8-6-12(10-16(14)21)13-7-9-15(20)18(22)17(13)11-4-2-1-3-5-11/h2*1-10H,19-22H2. The van der Waals surface area contributed by atoms with Gasteiger partial charge in [-0.25, -0.2) is 0 Å². The molecule has 16 N–H and O–H groups in total. The minimum absolute atomic E-state index is 0.548. The van der Waals surface area contributed by atoms with Crippen molar-refractivity contribution in [3.63, 3.8) is 0 Å². The van der Waals surface area contributed by atoms with E-state index in [-0.39, 0.29) is 0 Å². The molecule has 0 aliphatic rings. The second kappa shape index (κ2) is 12.3. The zero-order valence-electron chi connectivity index (χ0n) is 24.2. The molecule has 0 saturated carbocycles. The molecule has 0 radical (unpaired) electrons. The first kappa shape index (κ1) is 29.2. The normalized spacial score (nSPS) is 10.5. The van der Waals surface area contributed by atoms with E-state index in [0.29, 0.717) is 45.5 Å². The van der Waals surface area contributed by atoms with Crippen LogP contribution in [0, 0.1) is 0 Å². The van der Waals surface area contributed by atoms with Crippen molar-refractivity contribution >= 4 is 45.5 Å². The fourth-order valence-electron chi connectivity index (χ4n) is 5.07. The maximum absolute atomic E-state index is 6.24. The quantitative estimate of drug-likeness (QED) is 0.105. The molecule has 0 spiro atoms. The molecule has 8 nitrogen and oxygen atoms in total. The zero-order valence-corrected chi connectivity index (χ0v) is 24.2. The number of rotatable bonds is 4. The van der Waals surface area contributed by atoms with Gasteiger partial charge < -0.3 is 45.9 Å². The second-order valence-corrected chi connectivity index (χ2v) is 10.4. The molecule has 8 heteroatoms. The molecular formula is C36H36N8. The molecule has 0 unspecified atom stereocenters. The van der Waals surface area contributed by atoms with Gasteiger partial charge in [-0.2, -0.15) is 0 Å². The van der Waals surface area contributed by atoms with E-state index in [2.05, 4.69) is 0 Å². The van der Waals surface area contributed by atoms with E-state index in [4.69, 9.17) is 45.9 Å². The van der Waals surface area contributed by atoms with Crippen molar-refractivity contribution in [3.8, 4) is 44.5 Å². The van der Waals surface area contributed by atoms with E-state index in [1.165, 1.54) is 0 Å². The van der Waals surface area contributed by atoms with Gasteiger partial charge in [-0.05, 0) is 69.8 Å². The van der Waals surface area contributed by atoms with E-state index >= 15 is 0 Å². The highest BCUT2D eigenvalue weighted by Gasteiger charge is 2.15. The van der Waals surface area contributed by atoms with Gasteiger partial charge in [0.2, 0.25) is 0 Å². The number of anilines is 8. The van der Waals surface area contributed by atoms with Gasteiger partial charge >= 0.3 is 0 Å². The first-order chi connectivity index (χ1) is 21.2. The lowest BCUT2D eigenvalue weighted by Crippen LogP contribution is -2.00. The van der Waals surface area contributed by atoms with Crippen molar-refractivity contribution in [2.45, 2.75) is 0 Å². The van der Waals surface area contributed by atoms with Crippen molar-refractivity contribution in [1.29, 1.82) is 0 Å². The van der Waals surface area contributed by atoms with E-state index in [0.717, 1.165) is 44.5 Å². The Bertz CT molecular complexity index is 1790. The molecule has 0 atom stereocenters. The van der Waals surface area contributed by atoms with Crippen molar-refractivity contribution in [3.05, 3.63) is 121 Å². The largest absolute Gasteiger partial charge is 0.397 e. The van der Waals surface area contributed by atoms with Crippen LogP contribution in [0.1, 0.15) is 0 Å². The highest BCUT2D eigenvalue weighted by molar-refractivity contribution is 5.97. The van der Waals surface area contributed by atoms with Gasteiger partial charge in [0.15, 0.2) is 0 Å². The minimum Gasteiger partial charge on any atom is -0.397 e. The number of nitrogens with two attached hydrogens (primary N) is 8. The molecule has 0 aliphatic heterocycles. The number of hydrogen-bond acceptors (Lipinski definition) is 8. The van der Waals surface area contributed by atoms with Crippen LogP contribution in [-0.2, 0) is 0 Å². The molecule has 6 rings (SSSR count). The minimum atomic E-state index is 0.548. The predicted octanol–water partition coefficient (Wildman–Crippen LogP) is 6.70. The fraction of sp³-hybridized carbons (Fsp3) is 0. The van der Waals surface area contributed by atoms with Gasteiger partial charge in [0.05, 0.1) is 45.5 Å². The molecule has 0 aliphatic carbocycles.